The number of alkyl halides is 2. The molecule has 1 aromatic rings. The minimum Gasteiger partial charge on any atom is -0.492 e. The summed E-state index contributed by atoms with van der Waals surface area (Å²) in [5, 5.41) is 3.01. The summed E-state index contributed by atoms with van der Waals surface area (Å²) in [6.45, 7) is 0.697. The van der Waals surface area contributed by atoms with Crippen LogP contribution in [0.2, 0.25) is 0 Å². The van der Waals surface area contributed by atoms with E-state index in [1.54, 1.807) is 4.90 Å². The Morgan fingerprint density at radius 3 is 2.47 bits per heavy atom. The molecule has 0 saturated carbocycles. The molecule has 0 amide bonds. The van der Waals surface area contributed by atoms with Gasteiger partial charge in [0.2, 0.25) is 0 Å². The first kappa shape index (κ1) is 12.1. The highest BCUT2D eigenvalue weighted by atomic mass is 19.3. The van der Waals surface area contributed by atoms with Gasteiger partial charge in [0, 0.05) is 19.3 Å². The summed E-state index contributed by atoms with van der Waals surface area (Å²) >= 11 is 0. The van der Waals surface area contributed by atoms with Crippen molar-refractivity contribution in [1.29, 1.82) is 0 Å². The summed E-state index contributed by atoms with van der Waals surface area (Å²) in [7, 11) is 1.85. The molecule has 1 aliphatic rings. The number of ether oxygens (including phenoxy) is 1. The minimum atomic E-state index is -2.49. The number of anilines is 1. The van der Waals surface area contributed by atoms with Crippen LogP contribution in [0, 0.1) is 0 Å². The van der Waals surface area contributed by atoms with Crippen LogP contribution in [0.1, 0.15) is 0 Å². The van der Waals surface area contributed by atoms with E-state index in [0.717, 1.165) is 11.4 Å². The van der Waals surface area contributed by atoms with Crippen molar-refractivity contribution in [3.05, 3.63) is 24.3 Å². The second-order valence-corrected chi connectivity index (χ2v) is 4.19. The maximum Gasteiger partial charge on any atom is 0.272 e. The van der Waals surface area contributed by atoms with Crippen LogP contribution in [-0.2, 0) is 0 Å². The smallest absolute Gasteiger partial charge is 0.272 e. The Kier molecular flexibility index (Phi) is 3.47. The number of halogens is 2. The van der Waals surface area contributed by atoms with E-state index in [9.17, 15) is 8.78 Å². The van der Waals surface area contributed by atoms with Crippen LogP contribution in [-0.4, -0.2) is 44.1 Å². The van der Waals surface area contributed by atoms with Gasteiger partial charge in [-0.05, 0) is 24.3 Å². The van der Waals surface area contributed by atoms with Crippen molar-refractivity contribution in [2.75, 3.05) is 38.6 Å². The quantitative estimate of drug-likeness (QED) is 0.855. The third-order valence-electron chi connectivity index (χ3n) is 2.73. The Balaban J connectivity index is 1.68. The summed E-state index contributed by atoms with van der Waals surface area (Å²) in [5.41, 5.74) is 1.01. The predicted octanol–water partition coefficient (Wildman–Crippen LogP) is 2.06. The average Bonchev–Trinajstić information content (AvgIpc) is 2.27. The molecule has 1 aromatic carbocycles. The molecular weight excluding hydrogens is 226 g/mol. The van der Waals surface area contributed by atoms with Gasteiger partial charge in [-0.2, -0.15) is 0 Å². The van der Waals surface area contributed by atoms with Crippen LogP contribution in [0.4, 0.5) is 14.5 Å². The summed E-state index contributed by atoms with van der Waals surface area (Å²) < 4.78 is 30.5. The lowest BCUT2D eigenvalue weighted by atomic mass is 10.1. The minimum absolute atomic E-state index is 0.144. The first-order valence-corrected chi connectivity index (χ1v) is 5.60. The molecule has 17 heavy (non-hydrogen) atoms. The van der Waals surface area contributed by atoms with Gasteiger partial charge < -0.3 is 10.1 Å². The molecule has 0 aliphatic carbocycles. The number of nitrogens with one attached hydrogen (secondary N) is 1. The molecule has 0 aromatic heterocycles. The normalized spacial score (nSPS) is 18.5. The van der Waals surface area contributed by atoms with Gasteiger partial charge in [0.05, 0.1) is 13.1 Å². The Hall–Kier alpha value is -1.36. The van der Waals surface area contributed by atoms with E-state index < -0.39 is 5.92 Å². The van der Waals surface area contributed by atoms with Crippen molar-refractivity contribution in [3.63, 3.8) is 0 Å². The fourth-order valence-corrected chi connectivity index (χ4v) is 1.78. The van der Waals surface area contributed by atoms with Gasteiger partial charge >= 0.3 is 0 Å². The highest BCUT2D eigenvalue weighted by Crippen LogP contribution is 2.26. The van der Waals surface area contributed by atoms with Crippen LogP contribution in [0.25, 0.3) is 0 Å². The lowest BCUT2D eigenvalue weighted by molar-refractivity contribution is -0.132. The first-order chi connectivity index (χ1) is 8.09. The zero-order valence-corrected chi connectivity index (χ0v) is 9.75. The second-order valence-electron chi connectivity index (χ2n) is 4.19. The van der Waals surface area contributed by atoms with Crippen LogP contribution in [0.3, 0.4) is 0 Å². The largest absolute Gasteiger partial charge is 0.492 e. The van der Waals surface area contributed by atoms with Crippen molar-refractivity contribution in [3.8, 4) is 5.75 Å². The molecule has 1 saturated heterocycles. The lowest BCUT2D eigenvalue weighted by Gasteiger charge is -2.38. The number of likely N-dealkylation sites (tertiary alicyclic amines) is 1. The van der Waals surface area contributed by atoms with E-state index in [0.29, 0.717) is 13.2 Å². The van der Waals surface area contributed by atoms with Crippen LogP contribution in [0.15, 0.2) is 24.3 Å². The van der Waals surface area contributed by atoms with Crippen molar-refractivity contribution in [2.45, 2.75) is 5.92 Å². The monoisotopic (exact) mass is 242 g/mol. The predicted molar refractivity (Wildman–Crippen MR) is 62.9 cm³/mol. The van der Waals surface area contributed by atoms with E-state index in [1.807, 2.05) is 31.3 Å². The molecule has 94 valence electrons. The van der Waals surface area contributed by atoms with E-state index in [4.69, 9.17) is 4.74 Å². The van der Waals surface area contributed by atoms with Crippen molar-refractivity contribution in [2.24, 2.45) is 0 Å². The summed E-state index contributed by atoms with van der Waals surface area (Å²) in [6, 6.07) is 7.54. The number of hydrogen-bond acceptors (Lipinski definition) is 3. The number of nitrogens with zero attached hydrogens (tertiary/aromatic N) is 1. The standard InChI is InChI=1S/C12H16F2N2O/c1-15-10-2-4-11(5-3-10)17-7-6-16-8-12(13,14)9-16/h2-5,15H,6-9H2,1H3. The van der Waals surface area contributed by atoms with Gasteiger partial charge in [0.1, 0.15) is 12.4 Å². The Bertz CT molecular complexity index is 359. The van der Waals surface area contributed by atoms with Crippen LogP contribution >= 0.6 is 0 Å². The number of hydrogen-bond donors (Lipinski definition) is 1. The molecular formula is C12H16F2N2O. The maximum atomic E-state index is 12.5. The molecule has 1 N–H and O–H groups in total. The molecule has 3 nitrogen and oxygen atoms in total. The SMILES string of the molecule is CNc1ccc(OCCN2CC(F)(F)C2)cc1. The van der Waals surface area contributed by atoms with Gasteiger partial charge in [-0.3, -0.25) is 4.90 Å². The zero-order valence-electron chi connectivity index (χ0n) is 9.75. The summed E-state index contributed by atoms with van der Waals surface area (Å²) in [6.07, 6.45) is 0. The molecule has 1 aliphatic heterocycles. The van der Waals surface area contributed by atoms with Gasteiger partial charge in [0.25, 0.3) is 5.92 Å². The molecule has 0 bridgehead atoms. The van der Waals surface area contributed by atoms with Crippen LogP contribution in [0.5, 0.6) is 5.75 Å². The van der Waals surface area contributed by atoms with Crippen LogP contribution < -0.4 is 10.1 Å². The molecule has 0 spiro atoms. The van der Waals surface area contributed by atoms with Crippen molar-refractivity contribution in [1.82, 2.24) is 4.90 Å². The van der Waals surface area contributed by atoms with E-state index in [-0.39, 0.29) is 13.1 Å². The van der Waals surface area contributed by atoms with E-state index in [2.05, 4.69) is 5.32 Å². The number of rotatable bonds is 5. The number of benzene rings is 1. The Morgan fingerprint density at radius 2 is 1.94 bits per heavy atom. The maximum absolute atomic E-state index is 12.5. The second kappa shape index (κ2) is 4.87. The molecule has 5 heteroatoms. The third kappa shape index (κ3) is 3.30. The zero-order chi connectivity index (χ0) is 12.3. The first-order valence-electron chi connectivity index (χ1n) is 5.60. The molecule has 2 rings (SSSR count). The molecule has 1 heterocycles. The van der Waals surface area contributed by atoms with Gasteiger partial charge in [0.15, 0.2) is 0 Å². The Labute approximate surface area is 99.4 Å². The van der Waals surface area contributed by atoms with E-state index >= 15 is 0 Å². The summed E-state index contributed by atoms with van der Waals surface area (Å²) in [4.78, 5) is 1.68. The lowest BCUT2D eigenvalue weighted by Crippen LogP contribution is -2.56. The fraction of sp³-hybridized carbons (Fsp3) is 0.500. The fourth-order valence-electron chi connectivity index (χ4n) is 1.78. The Morgan fingerprint density at radius 1 is 1.29 bits per heavy atom. The third-order valence-corrected chi connectivity index (χ3v) is 2.73. The van der Waals surface area contributed by atoms with Crippen molar-refractivity contribution < 1.29 is 13.5 Å². The molecule has 0 unspecified atom stereocenters. The van der Waals surface area contributed by atoms with Gasteiger partial charge in [-0.15, -0.1) is 0 Å². The topological polar surface area (TPSA) is 24.5 Å². The highest BCUT2D eigenvalue weighted by molar-refractivity contribution is 5.45. The average molecular weight is 242 g/mol. The molecule has 1 fully saturated rings. The van der Waals surface area contributed by atoms with Gasteiger partial charge in [-0.25, -0.2) is 8.78 Å². The van der Waals surface area contributed by atoms with Gasteiger partial charge in [-0.1, -0.05) is 0 Å². The molecule has 0 radical (unpaired) electrons. The summed E-state index contributed by atoms with van der Waals surface area (Å²) in [5.74, 6) is -1.73. The van der Waals surface area contributed by atoms with E-state index in [1.165, 1.54) is 0 Å². The van der Waals surface area contributed by atoms with Crippen molar-refractivity contribution >= 4 is 5.69 Å². The highest BCUT2D eigenvalue weighted by Gasteiger charge is 2.43. The molecule has 0 atom stereocenters.